The Bertz CT molecular complexity index is 539. The average molecular weight is 278 g/mol. The molecular formula is C13H18N4OS. The average Bonchev–Trinajstić information content (AvgIpc) is 2.95. The van der Waals surface area contributed by atoms with Crippen LogP contribution in [0, 0.1) is 5.92 Å². The second-order valence-corrected chi connectivity index (χ2v) is 5.26. The molecule has 2 aromatic heterocycles. The summed E-state index contributed by atoms with van der Waals surface area (Å²) in [6, 6.07) is 0. The summed E-state index contributed by atoms with van der Waals surface area (Å²) in [5.74, 6) is 0.297. The number of hydrazone groups is 1. The van der Waals surface area contributed by atoms with E-state index in [1.807, 2.05) is 28.4 Å². The van der Waals surface area contributed by atoms with Gasteiger partial charge in [-0.3, -0.25) is 9.20 Å². The maximum absolute atomic E-state index is 11.7. The van der Waals surface area contributed by atoms with Gasteiger partial charge < -0.3 is 0 Å². The minimum absolute atomic E-state index is 0.132. The van der Waals surface area contributed by atoms with Crippen molar-refractivity contribution in [1.29, 1.82) is 0 Å². The summed E-state index contributed by atoms with van der Waals surface area (Å²) in [4.78, 5) is 17.0. The van der Waals surface area contributed by atoms with Crippen molar-refractivity contribution in [2.24, 2.45) is 11.0 Å². The first-order valence-electron chi connectivity index (χ1n) is 6.46. The molecule has 0 aliphatic carbocycles. The Labute approximate surface area is 116 Å². The number of hydrogen-bond acceptors (Lipinski definition) is 4. The Balaban J connectivity index is 1.86. The summed E-state index contributed by atoms with van der Waals surface area (Å²) in [5, 5.41) is 5.96. The molecule has 0 unspecified atom stereocenters. The van der Waals surface area contributed by atoms with Crippen LogP contribution < -0.4 is 5.43 Å². The SMILES string of the molecule is CCC(/C=N/NC(=O)Cc1cn2ccsc2n1)CC. The lowest BCUT2D eigenvalue weighted by atomic mass is 10.1. The monoisotopic (exact) mass is 278 g/mol. The van der Waals surface area contributed by atoms with Gasteiger partial charge in [-0.1, -0.05) is 13.8 Å². The first-order chi connectivity index (χ1) is 9.22. The topological polar surface area (TPSA) is 58.8 Å². The number of carbonyl (C=O) groups is 1. The Kier molecular flexibility index (Phi) is 4.68. The summed E-state index contributed by atoms with van der Waals surface area (Å²) in [6.45, 7) is 4.22. The lowest BCUT2D eigenvalue weighted by molar-refractivity contribution is -0.120. The third kappa shape index (κ3) is 3.64. The molecule has 0 atom stereocenters. The van der Waals surface area contributed by atoms with Crippen LogP contribution in [0.25, 0.3) is 4.96 Å². The van der Waals surface area contributed by atoms with E-state index in [1.165, 1.54) is 0 Å². The number of aromatic nitrogens is 2. The van der Waals surface area contributed by atoms with Gasteiger partial charge in [0.15, 0.2) is 4.96 Å². The molecule has 0 aliphatic heterocycles. The number of fused-ring (bicyclic) bond motifs is 1. The predicted octanol–water partition coefficient (Wildman–Crippen LogP) is 2.48. The van der Waals surface area contributed by atoms with E-state index >= 15 is 0 Å². The van der Waals surface area contributed by atoms with Gasteiger partial charge in [-0.05, 0) is 18.8 Å². The zero-order valence-electron chi connectivity index (χ0n) is 11.2. The number of thiazole rings is 1. The van der Waals surface area contributed by atoms with Gasteiger partial charge in [0.1, 0.15) is 0 Å². The largest absolute Gasteiger partial charge is 0.297 e. The summed E-state index contributed by atoms with van der Waals surface area (Å²) < 4.78 is 1.92. The molecule has 2 heterocycles. The zero-order chi connectivity index (χ0) is 13.7. The van der Waals surface area contributed by atoms with Gasteiger partial charge in [0, 0.05) is 24.0 Å². The highest BCUT2D eigenvalue weighted by Crippen LogP contribution is 2.11. The highest BCUT2D eigenvalue weighted by molar-refractivity contribution is 7.15. The maximum Gasteiger partial charge on any atom is 0.246 e. The van der Waals surface area contributed by atoms with Gasteiger partial charge in [0.25, 0.3) is 0 Å². The third-order valence-corrected chi connectivity index (χ3v) is 3.78. The second kappa shape index (κ2) is 6.47. The quantitative estimate of drug-likeness (QED) is 0.652. The molecule has 0 spiro atoms. The summed E-state index contributed by atoms with van der Waals surface area (Å²) in [7, 11) is 0. The van der Waals surface area contributed by atoms with E-state index in [1.54, 1.807) is 11.3 Å². The Morgan fingerprint density at radius 2 is 2.37 bits per heavy atom. The van der Waals surface area contributed by atoms with E-state index in [9.17, 15) is 4.79 Å². The molecule has 19 heavy (non-hydrogen) atoms. The minimum atomic E-state index is -0.132. The fourth-order valence-electron chi connectivity index (χ4n) is 1.78. The van der Waals surface area contributed by atoms with Crippen molar-refractivity contribution >= 4 is 28.4 Å². The van der Waals surface area contributed by atoms with Crippen LogP contribution in [-0.2, 0) is 11.2 Å². The Morgan fingerprint density at radius 1 is 1.58 bits per heavy atom. The van der Waals surface area contributed by atoms with Crippen LogP contribution in [0.4, 0.5) is 0 Å². The molecule has 2 rings (SSSR count). The molecule has 102 valence electrons. The molecule has 5 nitrogen and oxygen atoms in total. The van der Waals surface area contributed by atoms with Crippen LogP contribution in [0.5, 0.6) is 0 Å². The van der Waals surface area contributed by atoms with Crippen molar-refractivity contribution in [3.63, 3.8) is 0 Å². The van der Waals surface area contributed by atoms with Crippen LogP contribution in [0.2, 0.25) is 0 Å². The van der Waals surface area contributed by atoms with Crippen LogP contribution in [-0.4, -0.2) is 21.5 Å². The van der Waals surface area contributed by atoms with Crippen LogP contribution in [0.1, 0.15) is 32.4 Å². The summed E-state index contributed by atoms with van der Waals surface area (Å²) in [5.41, 5.74) is 3.32. The molecule has 0 saturated heterocycles. The molecule has 1 N–H and O–H groups in total. The molecule has 2 aromatic rings. The Morgan fingerprint density at radius 3 is 3.05 bits per heavy atom. The number of rotatable bonds is 6. The summed E-state index contributed by atoms with van der Waals surface area (Å²) >= 11 is 1.55. The molecule has 0 fully saturated rings. The smallest absolute Gasteiger partial charge is 0.246 e. The molecular weight excluding hydrogens is 260 g/mol. The van der Waals surface area contributed by atoms with E-state index in [4.69, 9.17) is 0 Å². The van der Waals surface area contributed by atoms with Gasteiger partial charge in [-0.15, -0.1) is 11.3 Å². The van der Waals surface area contributed by atoms with Gasteiger partial charge in [-0.25, -0.2) is 10.4 Å². The van der Waals surface area contributed by atoms with Crippen LogP contribution in [0.15, 0.2) is 22.9 Å². The fourth-order valence-corrected chi connectivity index (χ4v) is 2.50. The van der Waals surface area contributed by atoms with Crippen molar-refractivity contribution in [2.75, 3.05) is 0 Å². The summed E-state index contributed by atoms with van der Waals surface area (Å²) in [6.07, 6.45) is 7.94. The molecule has 0 aliphatic rings. The lowest BCUT2D eigenvalue weighted by Gasteiger charge is -2.04. The highest BCUT2D eigenvalue weighted by Gasteiger charge is 2.07. The van der Waals surface area contributed by atoms with E-state index < -0.39 is 0 Å². The van der Waals surface area contributed by atoms with Crippen molar-refractivity contribution in [2.45, 2.75) is 33.1 Å². The zero-order valence-corrected chi connectivity index (χ0v) is 12.0. The van der Waals surface area contributed by atoms with Crippen LogP contribution >= 0.6 is 11.3 Å². The van der Waals surface area contributed by atoms with Crippen molar-refractivity contribution in [3.05, 3.63) is 23.5 Å². The number of nitrogens with zero attached hydrogens (tertiary/aromatic N) is 3. The van der Waals surface area contributed by atoms with E-state index in [-0.39, 0.29) is 12.3 Å². The van der Waals surface area contributed by atoms with E-state index in [0.29, 0.717) is 5.92 Å². The van der Waals surface area contributed by atoms with Crippen molar-refractivity contribution in [3.8, 4) is 0 Å². The fraction of sp³-hybridized carbons (Fsp3) is 0.462. The number of nitrogens with one attached hydrogen (secondary N) is 1. The highest BCUT2D eigenvalue weighted by atomic mass is 32.1. The van der Waals surface area contributed by atoms with E-state index in [2.05, 4.69) is 29.4 Å². The van der Waals surface area contributed by atoms with Crippen LogP contribution in [0.3, 0.4) is 0 Å². The number of amides is 1. The number of hydrogen-bond donors (Lipinski definition) is 1. The second-order valence-electron chi connectivity index (χ2n) is 4.39. The maximum atomic E-state index is 11.7. The minimum Gasteiger partial charge on any atom is -0.297 e. The third-order valence-electron chi connectivity index (χ3n) is 3.01. The number of carbonyl (C=O) groups excluding carboxylic acids is 1. The van der Waals surface area contributed by atoms with Gasteiger partial charge in [0.2, 0.25) is 5.91 Å². The molecule has 6 heteroatoms. The van der Waals surface area contributed by atoms with Gasteiger partial charge in [0.05, 0.1) is 12.1 Å². The lowest BCUT2D eigenvalue weighted by Crippen LogP contribution is -2.20. The van der Waals surface area contributed by atoms with E-state index in [0.717, 1.165) is 23.5 Å². The molecule has 0 aromatic carbocycles. The molecule has 0 radical (unpaired) electrons. The van der Waals surface area contributed by atoms with Crippen molar-refractivity contribution < 1.29 is 4.79 Å². The molecule has 0 saturated carbocycles. The van der Waals surface area contributed by atoms with Gasteiger partial charge >= 0.3 is 0 Å². The standard InChI is InChI=1S/C13H18N4OS/c1-3-10(4-2)8-14-16-12(18)7-11-9-17-5-6-19-13(17)15-11/h5-6,8-10H,3-4,7H2,1-2H3,(H,16,18)/b14-8+. The first-order valence-corrected chi connectivity index (χ1v) is 7.34. The van der Waals surface area contributed by atoms with Crippen molar-refractivity contribution in [1.82, 2.24) is 14.8 Å². The predicted molar refractivity (Wildman–Crippen MR) is 77.5 cm³/mol. The molecule has 1 amide bonds. The Hall–Kier alpha value is -1.69. The normalized spacial score (nSPS) is 11.7. The van der Waals surface area contributed by atoms with Gasteiger partial charge in [-0.2, -0.15) is 5.10 Å². The first kappa shape index (κ1) is 13.7. The molecule has 0 bridgehead atoms. The number of imidazole rings is 1.